The summed E-state index contributed by atoms with van der Waals surface area (Å²) in [6, 6.07) is 12.1. The van der Waals surface area contributed by atoms with E-state index in [1.165, 1.54) is 0 Å². The average molecular weight is 256 g/mol. The highest BCUT2D eigenvalue weighted by molar-refractivity contribution is 5.69. The van der Waals surface area contributed by atoms with Crippen LogP contribution in [0, 0.1) is 0 Å². The third-order valence-electron chi connectivity index (χ3n) is 2.77. The van der Waals surface area contributed by atoms with Gasteiger partial charge in [-0.15, -0.1) is 0 Å². The van der Waals surface area contributed by atoms with Crippen LogP contribution >= 0.6 is 0 Å². The SMILES string of the molecule is CCCOc1ccccc1-c1cc(NCC)ccn1. The fraction of sp³-hybridized carbons (Fsp3) is 0.312. The summed E-state index contributed by atoms with van der Waals surface area (Å²) in [5, 5.41) is 3.30. The van der Waals surface area contributed by atoms with Gasteiger partial charge in [-0.25, -0.2) is 0 Å². The van der Waals surface area contributed by atoms with Crippen molar-refractivity contribution in [3.05, 3.63) is 42.6 Å². The summed E-state index contributed by atoms with van der Waals surface area (Å²) < 4.78 is 5.78. The van der Waals surface area contributed by atoms with Crippen molar-refractivity contribution in [3.8, 4) is 17.0 Å². The zero-order chi connectivity index (χ0) is 13.5. The average Bonchev–Trinajstić information content (AvgIpc) is 2.46. The summed E-state index contributed by atoms with van der Waals surface area (Å²) >= 11 is 0. The molecule has 1 aromatic carbocycles. The van der Waals surface area contributed by atoms with Crippen LogP contribution in [0.2, 0.25) is 0 Å². The van der Waals surface area contributed by atoms with Gasteiger partial charge in [0.15, 0.2) is 0 Å². The first kappa shape index (κ1) is 13.4. The van der Waals surface area contributed by atoms with Crippen molar-refractivity contribution in [2.24, 2.45) is 0 Å². The quantitative estimate of drug-likeness (QED) is 0.849. The molecule has 0 aliphatic rings. The molecule has 0 radical (unpaired) electrons. The summed E-state index contributed by atoms with van der Waals surface area (Å²) in [4.78, 5) is 4.44. The maximum Gasteiger partial charge on any atom is 0.128 e. The first-order valence-corrected chi connectivity index (χ1v) is 6.77. The van der Waals surface area contributed by atoms with Gasteiger partial charge >= 0.3 is 0 Å². The van der Waals surface area contributed by atoms with Crippen LogP contribution in [0.1, 0.15) is 20.3 Å². The van der Waals surface area contributed by atoms with Gasteiger partial charge in [0.2, 0.25) is 0 Å². The summed E-state index contributed by atoms with van der Waals surface area (Å²) in [6.07, 6.45) is 2.82. The van der Waals surface area contributed by atoms with Crippen LogP contribution in [0.4, 0.5) is 5.69 Å². The first-order chi connectivity index (χ1) is 9.35. The number of aromatic nitrogens is 1. The van der Waals surface area contributed by atoms with Gasteiger partial charge in [-0.3, -0.25) is 4.98 Å². The van der Waals surface area contributed by atoms with E-state index in [0.717, 1.165) is 42.3 Å². The van der Waals surface area contributed by atoms with Crippen LogP contribution in [-0.2, 0) is 0 Å². The molecule has 19 heavy (non-hydrogen) atoms. The van der Waals surface area contributed by atoms with Gasteiger partial charge in [-0.2, -0.15) is 0 Å². The van der Waals surface area contributed by atoms with E-state index in [1.807, 2.05) is 36.5 Å². The summed E-state index contributed by atoms with van der Waals surface area (Å²) in [6.45, 7) is 5.81. The monoisotopic (exact) mass is 256 g/mol. The molecular weight excluding hydrogens is 236 g/mol. The molecule has 3 nitrogen and oxygen atoms in total. The second-order valence-corrected chi connectivity index (χ2v) is 4.30. The molecule has 1 aromatic heterocycles. The number of nitrogens with zero attached hydrogens (tertiary/aromatic N) is 1. The number of benzene rings is 1. The first-order valence-electron chi connectivity index (χ1n) is 6.77. The molecule has 1 N–H and O–H groups in total. The molecule has 2 aromatic rings. The maximum absolute atomic E-state index is 5.78. The van der Waals surface area contributed by atoms with Crippen LogP contribution in [0.5, 0.6) is 5.75 Å². The number of nitrogens with one attached hydrogen (secondary N) is 1. The molecule has 0 saturated carbocycles. The number of hydrogen-bond donors (Lipinski definition) is 1. The molecule has 0 amide bonds. The van der Waals surface area contributed by atoms with Crippen molar-refractivity contribution in [2.75, 3.05) is 18.5 Å². The van der Waals surface area contributed by atoms with Crippen molar-refractivity contribution in [3.63, 3.8) is 0 Å². The minimum atomic E-state index is 0.726. The zero-order valence-electron chi connectivity index (χ0n) is 11.5. The maximum atomic E-state index is 5.78. The van der Waals surface area contributed by atoms with Gasteiger partial charge in [0.05, 0.1) is 12.3 Å². The Morgan fingerprint density at radius 1 is 1.16 bits per heavy atom. The lowest BCUT2D eigenvalue weighted by molar-refractivity contribution is 0.318. The number of ether oxygens (including phenoxy) is 1. The Morgan fingerprint density at radius 3 is 2.79 bits per heavy atom. The van der Waals surface area contributed by atoms with Gasteiger partial charge < -0.3 is 10.1 Å². The number of para-hydroxylation sites is 1. The van der Waals surface area contributed by atoms with Crippen molar-refractivity contribution in [1.29, 1.82) is 0 Å². The van der Waals surface area contributed by atoms with Crippen molar-refractivity contribution in [1.82, 2.24) is 4.98 Å². The second-order valence-electron chi connectivity index (χ2n) is 4.30. The lowest BCUT2D eigenvalue weighted by atomic mass is 10.1. The van der Waals surface area contributed by atoms with Crippen LogP contribution in [0.25, 0.3) is 11.3 Å². The van der Waals surface area contributed by atoms with Crippen molar-refractivity contribution >= 4 is 5.69 Å². The van der Waals surface area contributed by atoms with Crippen molar-refractivity contribution in [2.45, 2.75) is 20.3 Å². The van der Waals surface area contributed by atoms with E-state index in [9.17, 15) is 0 Å². The Morgan fingerprint density at radius 2 is 2.00 bits per heavy atom. The Bertz CT molecular complexity index is 526. The molecule has 2 rings (SSSR count). The van der Waals surface area contributed by atoms with Gasteiger partial charge in [0.25, 0.3) is 0 Å². The van der Waals surface area contributed by atoms with Crippen LogP contribution in [0.15, 0.2) is 42.6 Å². The Hall–Kier alpha value is -2.03. The lowest BCUT2D eigenvalue weighted by Crippen LogP contribution is -1.99. The van der Waals surface area contributed by atoms with Crippen LogP contribution < -0.4 is 10.1 Å². The number of rotatable bonds is 6. The molecular formula is C16H20N2O. The molecule has 0 saturated heterocycles. The Labute approximate surface area is 114 Å². The molecule has 3 heteroatoms. The summed E-state index contributed by atoms with van der Waals surface area (Å²) in [5.74, 6) is 0.894. The predicted octanol–water partition coefficient (Wildman–Crippen LogP) is 3.97. The van der Waals surface area contributed by atoms with Gasteiger partial charge in [0.1, 0.15) is 5.75 Å². The topological polar surface area (TPSA) is 34.1 Å². The van der Waals surface area contributed by atoms with Gasteiger partial charge in [-0.1, -0.05) is 19.1 Å². The lowest BCUT2D eigenvalue weighted by Gasteiger charge is -2.11. The van der Waals surface area contributed by atoms with Crippen LogP contribution in [-0.4, -0.2) is 18.1 Å². The third-order valence-corrected chi connectivity index (χ3v) is 2.77. The summed E-state index contributed by atoms with van der Waals surface area (Å²) in [5.41, 5.74) is 3.05. The van der Waals surface area contributed by atoms with Gasteiger partial charge in [-0.05, 0) is 37.6 Å². The molecule has 100 valence electrons. The van der Waals surface area contributed by atoms with E-state index in [2.05, 4.69) is 30.2 Å². The minimum Gasteiger partial charge on any atom is -0.493 e. The zero-order valence-corrected chi connectivity index (χ0v) is 11.5. The second kappa shape index (κ2) is 6.78. The smallest absolute Gasteiger partial charge is 0.128 e. The molecule has 0 unspecified atom stereocenters. The van der Waals surface area contributed by atoms with E-state index in [4.69, 9.17) is 4.74 Å². The molecule has 0 fully saturated rings. The molecule has 0 spiro atoms. The number of hydrogen-bond acceptors (Lipinski definition) is 3. The fourth-order valence-electron chi connectivity index (χ4n) is 1.91. The Balaban J connectivity index is 2.32. The normalized spacial score (nSPS) is 10.2. The van der Waals surface area contributed by atoms with E-state index < -0.39 is 0 Å². The van der Waals surface area contributed by atoms with Crippen molar-refractivity contribution < 1.29 is 4.74 Å². The fourth-order valence-corrected chi connectivity index (χ4v) is 1.91. The van der Waals surface area contributed by atoms with E-state index in [-0.39, 0.29) is 0 Å². The Kier molecular flexibility index (Phi) is 4.78. The van der Waals surface area contributed by atoms with Crippen LogP contribution in [0.3, 0.4) is 0 Å². The van der Waals surface area contributed by atoms with E-state index in [0.29, 0.717) is 0 Å². The van der Waals surface area contributed by atoms with E-state index in [1.54, 1.807) is 0 Å². The highest BCUT2D eigenvalue weighted by Gasteiger charge is 2.07. The third kappa shape index (κ3) is 3.47. The highest BCUT2D eigenvalue weighted by Crippen LogP contribution is 2.29. The minimum absolute atomic E-state index is 0.726. The molecule has 1 heterocycles. The number of pyridine rings is 1. The molecule has 0 bridgehead atoms. The standard InChI is InChI=1S/C16H20N2O/c1-3-11-19-16-8-6-5-7-14(16)15-12-13(17-4-2)9-10-18-15/h5-10,12H,3-4,11H2,1-2H3,(H,17,18). The highest BCUT2D eigenvalue weighted by atomic mass is 16.5. The molecule has 0 aliphatic carbocycles. The van der Waals surface area contributed by atoms with Gasteiger partial charge in [0, 0.05) is 24.0 Å². The number of anilines is 1. The molecule has 0 aliphatic heterocycles. The molecule has 0 atom stereocenters. The largest absolute Gasteiger partial charge is 0.493 e. The van der Waals surface area contributed by atoms with E-state index >= 15 is 0 Å². The summed E-state index contributed by atoms with van der Waals surface area (Å²) in [7, 11) is 0. The predicted molar refractivity (Wildman–Crippen MR) is 79.6 cm³/mol.